The maximum Gasteiger partial charge on any atom is 0.161 e. The standard InChI is InChI=1S/C14H19FN2O2Si/c1-20(2,3)7-6-19-10-17-9-16-14-12(17)5-4-11(8-18)13(14)15/h4-5,8-9H,6-7,10H2,1-3H3. The summed E-state index contributed by atoms with van der Waals surface area (Å²) in [6, 6.07) is 4.24. The Kier molecular flexibility index (Phi) is 4.34. The molecule has 0 atom stereocenters. The molecule has 0 amide bonds. The number of hydrogen-bond acceptors (Lipinski definition) is 3. The van der Waals surface area contributed by atoms with Crippen molar-refractivity contribution in [2.75, 3.05) is 6.61 Å². The highest BCUT2D eigenvalue weighted by atomic mass is 28.3. The molecule has 108 valence electrons. The fraction of sp³-hybridized carbons (Fsp3) is 0.429. The van der Waals surface area contributed by atoms with E-state index in [1.54, 1.807) is 10.6 Å². The molecule has 0 N–H and O–H groups in total. The van der Waals surface area contributed by atoms with Gasteiger partial charge >= 0.3 is 0 Å². The van der Waals surface area contributed by atoms with Crippen LogP contribution in [0.5, 0.6) is 0 Å². The van der Waals surface area contributed by atoms with Crippen molar-refractivity contribution >= 4 is 25.4 Å². The molecule has 0 aliphatic carbocycles. The van der Waals surface area contributed by atoms with Crippen LogP contribution in [-0.4, -0.2) is 30.5 Å². The number of hydrogen-bond donors (Lipinski definition) is 0. The highest BCUT2D eigenvalue weighted by molar-refractivity contribution is 6.76. The zero-order valence-corrected chi connectivity index (χ0v) is 13.0. The van der Waals surface area contributed by atoms with E-state index in [2.05, 4.69) is 24.6 Å². The van der Waals surface area contributed by atoms with Crippen LogP contribution in [-0.2, 0) is 11.5 Å². The van der Waals surface area contributed by atoms with Crippen LogP contribution in [0.1, 0.15) is 10.4 Å². The zero-order chi connectivity index (χ0) is 14.8. The number of carbonyl (C=O) groups excluding carboxylic acids is 1. The van der Waals surface area contributed by atoms with Gasteiger partial charge in [0.05, 0.1) is 17.4 Å². The van der Waals surface area contributed by atoms with Gasteiger partial charge in [-0.2, -0.15) is 0 Å². The molecule has 1 aromatic carbocycles. The summed E-state index contributed by atoms with van der Waals surface area (Å²) < 4.78 is 21.3. The van der Waals surface area contributed by atoms with Crippen LogP contribution in [0, 0.1) is 5.82 Å². The first-order chi connectivity index (χ1) is 9.42. The molecule has 0 fully saturated rings. The first kappa shape index (κ1) is 14.9. The van der Waals surface area contributed by atoms with Crippen molar-refractivity contribution in [1.82, 2.24) is 9.55 Å². The van der Waals surface area contributed by atoms with Gasteiger partial charge in [-0.3, -0.25) is 4.79 Å². The molecule has 0 saturated heterocycles. The SMILES string of the molecule is C[Si](C)(C)CCOCn1cnc2c(F)c(C=O)ccc21. The number of nitrogens with zero attached hydrogens (tertiary/aromatic N) is 2. The van der Waals surface area contributed by atoms with E-state index in [9.17, 15) is 9.18 Å². The molecule has 2 rings (SSSR count). The highest BCUT2D eigenvalue weighted by Gasteiger charge is 2.13. The van der Waals surface area contributed by atoms with Crippen molar-refractivity contribution in [3.05, 3.63) is 29.8 Å². The summed E-state index contributed by atoms with van der Waals surface area (Å²) in [5.41, 5.74) is 0.881. The lowest BCUT2D eigenvalue weighted by Crippen LogP contribution is -2.21. The van der Waals surface area contributed by atoms with Crippen molar-refractivity contribution < 1.29 is 13.9 Å². The highest BCUT2D eigenvalue weighted by Crippen LogP contribution is 2.19. The number of ether oxygens (including phenoxy) is 1. The number of aromatic nitrogens is 2. The molecule has 1 heterocycles. The lowest BCUT2D eigenvalue weighted by molar-refractivity contribution is 0.0898. The molecule has 0 spiro atoms. The number of aldehydes is 1. The predicted molar refractivity (Wildman–Crippen MR) is 79.2 cm³/mol. The molecule has 0 aliphatic heterocycles. The third-order valence-electron chi connectivity index (χ3n) is 3.11. The maximum atomic E-state index is 13.9. The van der Waals surface area contributed by atoms with Crippen molar-refractivity contribution in [3.63, 3.8) is 0 Å². The van der Waals surface area contributed by atoms with E-state index in [1.165, 1.54) is 12.4 Å². The van der Waals surface area contributed by atoms with Crippen molar-refractivity contribution in [1.29, 1.82) is 0 Å². The molecular weight excluding hydrogens is 275 g/mol. The van der Waals surface area contributed by atoms with Crippen molar-refractivity contribution in [2.24, 2.45) is 0 Å². The minimum absolute atomic E-state index is 0.0300. The van der Waals surface area contributed by atoms with E-state index in [0.29, 0.717) is 25.1 Å². The number of fused-ring (bicyclic) bond motifs is 1. The molecular formula is C14H19FN2O2Si. The van der Waals surface area contributed by atoms with Gasteiger partial charge in [0.2, 0.25) is 0 Å². The van der Waals surface area contributed by atoms with E-state index in [0.717, 1.165) is 6.04 Å². The Bertz CT molecular complexity index is 619. The molecule has 2 aromatic rings. The second-order valence-electron chi connectivity index (χ2n) is 6.02. The van der Waals surface area contributed by atoms with Gasteiger partial charge in [-0.1, -0.05) is 19.6 Å². The second-order valence-corrected chi connectivity index (χ2v) is 11.6. The van der Waals surface area contributed by atoms with Gasteiger partial charge in [0.25, 0.3) is 0 Å². The lowest BCUT2D eigenvalue weighted by Gasteiger charge is -2.15. The summed E-state index contributed by atoms with van der Waals surface area (Å²) in [5.74, 6) is -0.571. The van der Waals surface area contributed by atoms with Crippen LogP contribution >= 0.6 is 0 Å². The van der Waals surface area contributed by atoms with E-state index >= 15 is 0 Å². The fourth-order valence-electron chi connectivity index (χ4n) is 1.85. The summed E-state index contributed by atoms with van der Waals surface area (Å²) >= 11 is 0. The summed E-state index contributed by atoms with van der Waals surface area (Å²) in [6.07, 6.45) is 2.04. The van der Waals surface area contributed by atoms with Crippen LogP contribution in [0.4, 0.5) is 4.39 Å². The summed E-state index contributed by atoms with van der Waals surface area (Å²) in [7, 11) is -1.10. The Morgan fingerprint density at radius 1 is 1.40 bits per heavy atom. The molecule has 1 aromatic heterocycles. The molecule has 20 heavy (non-hydrogen) atoms. The Morgan fingerprint density at radius 2 is 2.15 bits per heavy atom. The summed E-state index contributed by atoms with van der Waals surface area (Å²) in [4.78, 5) is 14.7. The predicted octanol–water partition coefficient (Wildman–Crippen LogP) is 3.30. The monoisotopic (exact) mass is 294 g/mol. The molecule has 4 nitrogen and oxygen atoms in total. The fourth-order valence-corrected chi connectivity index (χ4v) is 2.61. The Hall–Kier alpha value is -1.53. The normalized spacial score (nSPS) is 12.0. The van der Waals surface area contributed by atoms with Gasteiger partial charge in [-0.05, 0) is 18.2 Å². The van der Waals surface area contributed by atoms with Gasteiger partial charge in [0.1, 0.15) is 12.2 Å². The van der Waals surface area contributed by atoms with Crippen LogP contribution in [0.15, 0.2) is 18.5 Å². The van der Waals surface area contributed by atoms with Crippen LogP contribution in [0.2, 0.25) is 25.7 Å². The third-order valence-corrected chi connectivity index (χ3v) is 4.82. The number of halogens is 1. The summed E-state index contributed by atoms with van der Waals surface area (Å²) in [5, 5.41) is 0. The summed E-state index contributed by atoms with van der Waals surface area (Å²) in [6.45, 7) is 7.92. The number of benzene rings is 1. The first-order valence-electron chi connectivity index (χ1n) is 6.58. The molecule has 0 unspecified atom stereocenters. The number of imidazole rings is 1. The van der Waals surface area contributed by atoms with Gasteiger partial charge in [-0.25, -0.2) is 9.37 Å². The van der Waals surface area contributed by atoms with Crippen LogP contribution in [0.25, 0.3) is 11.0 Å². The quantitative estimate of drug-likeness (QED) is 0.466. The number of carbonyl (C=O) groups is 1. The topological polar surface area (TPSA) is 44.1 Å². The Balaban J connectivity index is 2.08. The van der Waals surface area contributed by atoms with E-state index in [1.807, 2.05) is 0 Å². The third kappa shape index (κ3) is 3.32. The number of rotatable bonds is 6. The van der Waals surface area contributed by atoms with E-state index in [-0.39, 0.29) is 11.1 Å². The van der Waals surface area contributed by atoms with Crippen molar-refractivity contribution in [3.8, 4) is 0 Å². The Morgan fingerprint density at radius 3 is 2.80 bits per heavy atom. The van der Waals surface area contributed by atoms with Crippen LogP contribution < -0.4 is 0 Å². The van der Waals surface area contributed by atoms with Crippen LogP contribution in [0.3, 0.4) is 0 Å². The molecule has 6 heteroatoms. The largest absolute Gasteiger partial charge is 0.361 e. The second kappa shape index (κ2) is 5.84. The van der Waals surface area contributed by atoms with E-state index < -0.39 is 13.9 Å². The zero-order valence-electron chi connectivity index (χ0n) is 12.0. The van der Waals surface area contributed by atoms with Crippen molar-refractivity contribution in [2.45, 2.75) is 32.4 Å². The smallest absolute Gasteiger partial charge is 0.161 e. The average Bonchev–Trinajstić information content (AvgIpc) is 2.78. The van der Waals surface area contributed by atoms with Gasteiger partial charge in [0, 0.05) is 14.7 Å². The minimum Gasteiger partial charge on any atom is -0.361 e. The maximum absolute atomic E-state index is 13.9. The van der Waals surface area contributed by atoms with Gasteiger partial charge in [0.15, 0.2) is 12.1 Å². The Labute approximate surface area is 118 Å². The lowest BCUT2D eigenvalue weighted by atomic mass is 10.2. The molecule has 0 bridgehead atoms. The average molecular weight is 294 g/mol. The minimum atomic E-state index is -1.10. The van der Waals surface area contributed by atoms with Gasteiger partial charge < -0.3 is 9.30 Å². The first-order valence-corrected chi connectivity index (χ1v) is 10.3. The molecule has 0 radical (unpaired) electrons. The molecule has 0 saturated carbocycles. The molecule has 0 aliphatic rings. The van der Waals surface area contributed by atoms with Gasteiger partial charge in [-0.15, -0.1) is 0 Å². The van der Waals surface area contributed by atoms with E-state index in [4.69, 9.17) is 4.74 Å².